The normalized spacial score (nSPS) is 19.0. The van der Waals surface area contributed by atoms with Crippen molar-refractivity contribution in [2.75, 3.05) is 5.75 Å². The van der Waals surface area contributed by atoms with Crippen LogP contribution in [0.4, 0.5) is 0 Å². The van der Waals surface area contributed by atoms with Crippen LogP contribution < -0.4 is 0 Å². The lowest BCUT2D eigenvalue weighted by Gasteiger charge is -2.27. The predicted octanol–water partition coefficient (Wildman–Crippen LogP) is 5.81. The summed E-state index contributed by atoms with van der Waals surface area (Å²) >= 11 is 1.82. The Hall–Kier alpha value is -2.52. The number of oxime groups is 1. The van der Waals surface area contributed by atoms with E-state index in [9.17, 15) is 0 Å². The van der Waals surface area contributed by atoms with Crippen molar-refractivity contribution in [3.8, 4) is 0 Å². The molecule has 3 aromatic rings. The monoisotopic (exact) mass is 359 g/mol. The zero-order valence-electron chi connectivity index (χ0n) is 14.8. The summed E-state index contributed by atoms with van der Waals surface area (Å²) in [6, 6.07) is 29.4. The molecule has 0 radical (unpaired) electrons. The summed E-state index contributed by atoms with van der Waals surface area (Å²) in [5, 5.41) is 4.48. The van der Waals surface area contributed by atoms with Crippen LogP contribution in [-0.4, -0.2) is 11.5 Å². The number of thioether (sulfide) groups is 1. The number of hydrogen-bond donors (Lipinski definition) is 0. The van der Waals surface area contributed by atoms with Crippen molar-refractivity contribution in [1.82, 2.24) is 0 Å². The number of hydrogen-bond acceptors (Lipinski definition) is 3. The molecule has 3 heteroatoms. The quantitative estimate of drug-likeness (QED) is 0.536. The number of rotatable bonds is 5. The maximum absolute atomic E-state index is 6.14. The average Bonchev–Trinajstić information content (AvgIpc) is 3.14. The SMILES string of the molecule is Cc1cccc([C@]2(CSc3ccccc3)CC(c3ccccc3)=NO2)c1. The Kier molecular flexibility index (Phi) is 4.81. The Morgan fingerprint density at radius 2 is 1.65 bits per heavy atom. The van der Waals surface area contributed by atoms with Gasteiger partial charge in [0.2, 0.25) is 0 Å². The Morgan fingerprint density at radius 1 is 0.923 bits per heavy atom. The lowest BCUT2D eigenvalue weighted by atomic mass is 9.88. The number of benzene rings is 3. The molecular formula is C23H21NOS. The molecule has 1 atom stereocenters. The molecule has 2 nitrogen and oxygen atoms in total. The summed E-state index contributed by atoms with van der Waals surface area (Å²) in [6.07, 6.45) is 0.778. The van der Waals surface area contributed by atoms with Gasteiger partial charge in [0.15, 0.2) is 5.60 Å². The van der Waals surface area contributed by atoms with Gasteiger partial charge in [0.25, 0.3) is 0 Å². The molecule has 0 fully saturated rings. The standard InChI is InChI=1S/C23H21NOS/c1-18-9-8-12-20(15-18)23(17-26-21-13-6-3-7-14-21)16-22(24-25-23)19-10-4-2-5-11-19/h2-15H,16-17H2,1H3/t23-/m1/s1. The van der Waals surface area contributed by atoms with E-state index in [1.807, 2.05) is 36.0 Å². The van der Waals surface area contributed by atoms with Crippen LogP contribution in [0.5, 0.6) is 0 Å². The van der Waals surface area contributed by atoms with E-state index in [1.165, 1.54) is 16.0 Å². The van der Waals surface area contributed by atoms with E-state index in [-0.39, 0.29) is 0 Å². The minimum Gasteiger partial charge on any atom is -0.383 e. The van der Waals surface area contributed by atoms with Crippen molar-refractivity contribution in [3.05, 3.63) is 102 Å². The van der Waals surface area contributed by atoms with Gasteiger partial charge in [0.1, 0.15) is 0 Å². The van der Waals surface area contributed by atoms with Gasteiger partial charge in [-0.3, -0.25) is 0 Å². The fraction of sp³-hybridized carbons (Fsp3) is 0.174. The second kappa shape index (κ2) is 7.38. The maximum atomic E-state index is 6.14. The van der Waals surface area contributed by atoms with Crippen LogP contribution in [0, 0.1) is 6.92 Å². The van der Waals surface area contributed by atoms with Gasteiger partial charge in [-0.1, -0.05) is 83.5 Å². The highest BCUT2D eigenvalue weighted by molar-refractivity contribution is 7.99. The molecule has 3 aromatic carbocycles. The molecule has 0 unspecified atom stereocenters. The molecule has 0 aliphatic carbocycles. The van der Waals surface area contributed by atoms with Crippen LogP contribution in [0.15, 0.2) is 95.0 Å². The summed E-state index contributed by atoms with van der Waals surface area (Å²) in [5.74, 6) is 0.820. The average molecular weight is 359 g/mol. The third-order valence-electron chi connectivity index (χ3n) is 4.65. The molecule has 0 saturated carbocycles. The van der Waals surface area contributed by atoms with Crippen molar-refractivity contribution in [1.29, 1.82) is 0 Å². The first-order valence-corrected chi connectivity index (χ1v) is 9.79. The summed E-state index contributed by atoms with van der Waals surface area (Å²) < 4.78 is 0. The lowest BCUT2D eigenvalue weighted by molar-refractivity contribution is -0.00321. The summed E-state index contributed by atoms with van der Waals surface area (Å²) in [7, 11) is 0. The Labute approximate surface area is 158 Å². The Balaban J connectivity index is 1.63. The van der Waals surface area contributed by atoms with Crippen molar-refractivity contribution < 1.29 is 4.84 Å². The fourth-order valence-corrected chi connectivity index (χ4v) is 4.29. The van der Waals surface area contributed by atoms with E-state index < -0.39 is 5.60 Å². The Morgan fingerprint density at radius 3 is 2.38 bits per heavy atom. The molecule has 4 rings (SSSR count). The molecule has 0 amide bonds. The number of aryl methyl sites for hydroxylation is 1. The van der Waals surface area contributed by atoms with Gasteiger partial charge in [-0.2, -0.15) is 0 Å². The first-order valence-electron chi connectivity index (χ1n) is 8.81. The molecule has 0 N–H and O–H groups in total. The van der Waals surface area contributed by atoms with E-state index in [0.29, 0.717) is 0 Å². The van der Waals surface area contributed by atoms with Gasteiger partial charge >= 0.3 is 0 Å². The predicted molar refractivity (Wildman–Crippen MR) is 109 cm³/mol. The smallest absolute Gasteiger partial charge is 0.177 e. The van der Waals surface area contributed by atoms with Gasteiger partial charge in [-0.15, -0.1) is 11.8 Å². The van der Waals surface area contributed by atoms with E-state index in [4.69, 9.17) is 4.84 Å². The van der Waals surface area contributed by atoms with E-state index >= 15 is 0 Å². The van der Waals surface area contributed by atoms with Gasteiger partial charge in [0, 0.05) is 17.1 Å². The minimum atomic E-state index is -0.433. The minimum absolute atomic E-state index is 0.433. The van der Waals surface area contributed by atoms with Crippen LogP contribution in [0.25, 0.3) is 0 Å². The topological polar surface area (TPSA) is 21.6 Å². The van der Waals surface area contributed by atoms with Gasteiger partial charge < -0.3 is 4.84 Å². The maximum Gasteiger partial charge on any atom is 0.177 e. The lowest BCUT2D eigenvalue weighted by Crippen LogP contribution is -2.29. The highest BCUT2D eigenvalue weighted by Gasteiger charge is 2.41. The highest BCUT2D eigenvalue weighted by Crippen LogP contribution is 2.41. The molecule has 1 heterocycles. The molecule has 26 heavy (non-hydrogen) atoms. The zero-order valence-corrected chi connectivity index (χ0v) is 15.6. The summed E-state index contributed by atoms with van der Waals surface area (Å²) in [6.45, 7) is 2.12. The summed E-state index contributed by atoms with van der Waals surface area (Å²) in [4.78, 5) is 7.38. The molecule has 0 spiro atoms. The van der Waals surface area contributed by atoms with Gasteiger partial charge in [-0.05, 0) is 30.2 Å². The van der Waals surface area contributed by atoms with Crippen molar-refractivity contribution in [3.63, 3.8) is 0 Å². The molecule has 0 saturated heterocycles. The van der Waals surface area contributed by atoms with Crippen molar-refractivity contribution >= 4 is 17.5 Å². The van der Waals surface area contributed by atoms with Crippen LogP contribution >= 0.6 is 11.8 Å². The first kappa shape index (κ1) is 16.9. The molecule has 0 bridgehead atoms. The molecular weight excluding hydrogens is 338 g/mol. The van der Waals surface area contributed by atoms with Crippen LogP contribution in [-0.2, 0) is 10.4 Å². The van der Waals surface area contributed by atoms with Gasteiger partial charge in [0.05, 0.1) is 5.71 Å². The molecule has 0 aromatic heterocycles. The van der Waals surface area contributed by atoms with E-state index in [2.05, 4.69) is 72.7 Å². The van der Waals surface area contributed by atoms with Crippen LogP contribution in [0.3, 0.4) is 0 Å². The zero-order chi connectivity index (χ0) is 17.8. The molecule has 1 aliphatic heterocycles. The van der Waals surface area contributed by atoms with E-state index in [1.54, 1.807) is 0 Å². The molecule has 1 aliphatic rings. The number of nitrogens with zero attached hydrogens (tertiary/aromatic N) is 1. The molecule has 130 valence electrons. The largest absolute Gasteiger partial charge is 0.383 e. The third-order valence-corrected chi connectivity index (χ3v) is 5.87. The first-order chi connectivity index (χ1) is 12.8. The Bertz CT molecular complexity index is 908. The third kappa shape index (κ3) is 3.54. The van der Waals surface area contributed by atoms with Crippen LogP contribution in [0.1, 0.15) is 23.1 Å². The van der Waals surface area contributed by atoms with Crippen LogP contribution in [0.2, 0.25) is 0 Å². The van der Waals surface area contributed by atoms with Crippen molar-refractivity contribution in [2.45, 2.75) is 23.8 Å². The van der Waals surface area contributed by atoms with Crippen molar-refractivity contribution in [2.24, 2.45) is 5.16 Å². The highest BCUT2D eigenvalue weighted by atomic mass is 32.2. The fourth-order valence-electron chi connectivity index (χ4n) is 3.22. The van der Waals surface area contributed by atoms with Gasteiger partial charge in [-0.25, -0.2) is 0 Å². The van der Waals surface area contributed by atoms with E-state index in [0.717, 1.165) is 23.4 Å². The summed E-state index contributed by atoms with van der Waals surface area (Å²) in [5.41, 5.74) is 4.14. The second-order valence-corrected chi connectivity index (χ2v) is 7.69. The second-order valence-electron chi connectivity index (χ2n) is 6.64.